The Bertz CT molecular complexity index is 1260. The van der Waals surface area contributed by atoms with E-state index in [9.17, 15) is 9.18 Å². The molecule has 7 heteroatoms. The molecular weight excluding hydrogens is 453 g/mol. The van der Waals surface area contributed by atoms with Crippen molar-refractivity contribution < 1.29 is 9.18 Å². The number of aromatic nitrogens is 2. The van der Waals surface area contributed by atoms with Gasteiger partial charge in [-0.2, -0.15) is 0 Å². The molecule has 0 atom stereocenters. The summed E-state index contributed by atoms with van der Waals surface area (Å²) in [7, 11) is 0. The molecule has 166 valence electrons. The van der Waals surface area contributed by atoms with Crippen molar-refractivity contribution in [3.05, 3.63) is 107 Å². The molecule has 0 aliphatic heterocycles. The Labute approximate surface area is 201 Å². The van der Waals surface area contributed by atoms with E-state index in [0.29, 0.717) is 27.1 Å². The Morgan fingerprint density at radius 2 is 1.61 bits per heavy atom. The van der Waals surface area contributed by atoms with Crippen molar-refractivity contribution in [2.24, 2.45) is 0 Å². The second kappa shape index (κ2) is 10.6. The van der Waals surface area contributed by atoms with E-state index in [1.165, 1.54) is 29.6 Å². The second-order valence-corrected chi connectivity index (χ2v) is 9.54. The van der Waals surface area contributed by atoms with E-state index in [2.05, 4.69) is 15.3 Å². The van der Waals surface area contributed by atoms with Crippen molar-refractivity contribution in [3.63, 3.8) is 0 Å². The van der Waals surface area contributed by atoms with Crippen molar-refractivity contribution in [1.29, 1.82) is 0 Å². The highest BCUT2D eigenvalue weighted by atomic mass is 32.2. The summed E-state index contributed by atoms with van der Waals surface area (Å²) in [5.74, 6) is -0.214. The molecule has 1 N–H and O–H groups in total. The number of carbonyl (C=O) groups excluding carboxylic acids is 1. The third-order valence-electron chi connectivity index (χ3n) is 4.82. The number of anilines is 1. The summed E-state index contributed by atoms with van der Waals surface area (Å²) >= 11 is 2.73. The predicted octanol–water partition coefficient (Wildman–Crippen LogP) is 6.93. The average Bonchev–Trinajstić information content (AvgIpc) is 2.82. The molecule has 1 aromatic heterocycles. The van der Waals surface area contributed by atoms with Crippen molar-refractivity contribution in [2.45, 2.75) is 34.5 Å². The minimum Gasteiger partial charge on any atom is -0.321 e. The number of aryl methyl sites for hydroxylation is 2. The quantitative estimate of drug-likeness (QED) is 0.232. The minimum absolute atomic E-state index is 0.270. The van der Waals surface area contributed by atoms with Crippen LogP contribution in [0.25, 0.3) is 0 Å². The van der Waals surface area contributed by atoms with E-state index in [1.807, 2.05) is 62.4 Å². The van der Waals surface area contributed by atoms with Gasteiger partial charge in [0.05, 0.1) is 4.90 Å². The molecule has 1 amide bonds. The minimum atomic E-state index is -0.316. The van der Waals surface area contributed by atoms with Gasteiger partial charge in [0.25, 0.3) is 5.91 Å². The summed E-state index contributed by atoms with van der Waals surface area (Å²) in [5.41, 5.74) is 3.81. The summed E-state index contributed by atoms with van der Waals surface area (Å²) in [6.45, 7) is 4.02. The first kappa shape index (κ1) is 23.0. The largest absolute Gasteiger partial charge is 0.321 e. The molecule has 0 aliphatic carbocycles. The van der Waals surface area contributed by atoms with E-state index in [4.69, 9.17) is 0 Å². The maximum atomic E-state index is 14.0. The van der Waals surface area contributed by atoms with Crippen molar-refractivity contribution >= 4 is 35.1 Å². The normalized spacial score (nSPS) is 10.8. The van der Waals surface area contributed by atoms with E-state index < -0.39 is 0 Å². The van der Waals surface area contributed by atoms with Gasteiger partial charge in [-0.1, -0.05) is 77.1 Å². The highest BCUT2D eigenvalue weighted by Gasteiger charge is 2.18. The number of benzene rings is 3. The number of carbonyl (C=O) groups is 1. The third kappa shape index (κ3) is 6.21. The molecule has 0 fully saturated rings. The molecule has 0 saturated heterocycles. The van der Waals surface area contributed by atoms with Crippen LogP contribution in [0.3, 0.4) is 0 Å². The molecule has 0 bridgehead atoms. The van der Waals surface area contributed by atoms with Crippen LogP contribution in [0.15, 0.2) is 93.9 Å². The first-order chi connectivity index (χ1) is 16.0. The zero-order valence-corrected chi connectivity index (χ0v) is 19.8. The number of hydrogen-bond donors (Lipinski definition) is 1. The molecule has 3 aromatic carbocycles. The highest BCUT2D eigenvalue weighted by Crippen LogP contribution is 2.31. The summed E-state index contributed by atoms with van der Waals surface area (Å²) in [6, 6.07) is 22.2. The zero-order chi connectivity index (χ0) is 23.2. The highest BCUT2D eigenvalue weighted by molar-refractivity contribution is 7.99. The van der Waals surface area contributed by atoms with E-state index in [0.717, 1.165) is 16.0 Å². The van der Waals surface area contributed by atoms with Crippen LogP contribution >= 0.6 is 23.5 Å². The van der Waals surface area contributed by atoms with Crippen LogP contribution in [0.5, 0.6) is 0 Å². The number of amides is 1. The van der Waals surface area contributed by atoms with Gasteiger partial charge < -0.3 is 5.32 Å². The summed E-state index contributed by atoms with van der Waals surface area (Å²) in [5, 5.41) is 3.34. The summed E-state index contributed by atoms with van der Waals surface area (Å²) in [6.07, 6.45) is 1.66. The maximum Gasteiger partial charge on any atom is 0.275 e. The van der Waals surface area contributed by atoms with Gasteiger partial charge in [-0.25, -0.2) is 14.4 Å². The first-order valence-corrected chi connectivity index (χ1v) is 12.1. The molecule has 0 spiro atoms. The molecule has 4 nitrogen and oxygen atoms in total. The van der Waals surface area contributed by atoms with Crippen LogP contribution in [-0.2, 0) is 5.75 Å². The molecule has 0 saturated carbocycles. The monoisotopic (exact) mass is 475 g/mol. The molecule has 4 aromatic rings. The Hall–Kier alpha value is -3.16. The fourth-order valence-corrected chi connectivity index (χ4v) is 4.65. The average molecular weight is 476 g/mol. The second-order valence-electron chi connectivity index (χ2n) is 7.48. The van der Waals surface area contributed by atoms with Crippen LogP contribution in [0.4, 0.5) is 10.1 Å². The van der Waals surface area contributed by atoms with Crippen LogP contribution in [-0.4, -0.2) is 15.9 Å². The fraction of sp³-hybridized carbons (Fsp3) is 0.115. The van der Waals surface area contributed by atoms with Gasteiger partial charge in [0.1, 0.15) is 11.5 Å². The summed E-state index contributed by atoms with van der Waals surface area (Å²) in [4.78, 5) is 23.8. The Balaban J connectivity index is 1.60. The Morgan fingerprint density at radius 3 is 2.30 bits per heavy atom. The van der Waals surface area contributed by atoms with Gasteiger partial charge in [-0.15, -0.1) is 0 Å². The lowest BCUT2D eigenvalue weighted by Crippen LogP contribution is -2.16. The van der Waals surface area contributed by atoms with Crippen LogP contribution in [0.1, 0.15) is 27.2 Å². The predicted molar refractivity (Wildman–Crippen MR) is 132 cm³/mol. The molecule has 1 heterocycles. The smallest absolute Gasteiger partial charge is 0.275 e. The Morgan fingerprint density at radius 1 is 0.939 bits per heavy atom. The number of nitrogens with zero attached hydrogens (tertiary/aromatic N) is 2. The van der Waals surface area contributed by atoms with E-state index in [-0.39, 0.29) is 17.4 Å². The van der Waals surface area contributed by atoms with Gasteiger partial charge in [0.2, 0.25) is 0 Å². The lowest BCUT2D eigenvalue weighted by molar-refractivity contribution is 0.101. The number of hydrogen-bond acceptors (Lipinski definition) is 5. The first-order valence-electron chi connectivity index (χ1n) is 10.3. The molecular formula is C26H22FN3OS2. The van der Waals surface area contributed by atoms with Crippen molar-refractivity contribution in [3.8, 4) is 0 Å². The van der Waals surface area contributed by atoms with Crippen LogP contribution in [0, 0.1) is 19.7 Å². The van der Waals surface area contributed by atoms with Gasteiger partial charge in [0.15, 0.2) is 5.16 Å². The molecule has 0 aliphatic rings. The van der Waals surface area contributed by atoms with Crippen LogP contribution < -0.4 is 5.32 Å². The van der Waals surface area contributed by atoms with Gasteiger partial charge >= 0.3 is 0 Å². The van der Waals surface area contributed by atoms with E-state index in [1.54, 1.807) is 24.4 Å². The molecule has 0 radical (unpaired) electrons. The Kier molecular flexibility index (Phi) is 7.42. The number of rotatable bonds is 7. The summed E-state index contributed by atoms with van der Waals surface area (Å²) < 4.78 is 14.0. The number of nitrogens with one attached hydrogen (secondary N) is 1. The van der Waals surface area contributed by atoms with Crippen LogP contribution in [0.2, 0.25) is 0 Å². The van der Waals surface area contributed by atoms with Crippen molar-refractivity contribution in [2.75, 3.05) is 5.32 Å². The molecule has 4 rings (SSSR count). The van der Waals surface area contributed by atoms with Crippen molar-refractivity contribution in [1.82, 2.24) is 9.97 Å². The standard InChI is InChI=1S/C26H22FN3OS2/c1-17-7-11-20(12-8-17)29-25(31)24-23(33-21-13-9-18(2)10-14-21)15-28-26(30-24)32-16-19-5-3-4-6-22(19)27/h3-15H,16H2,1-2H3,(H,29,31). The maximum absolute atomic E-state index is 14.0. The van der Waals surface area contributed by atoms with E-state index >= 15 is 0 Å². The topological polar surface area (TPSA) is 54.9 Å². The van der Waals surface area contributed by atoms with Gasteiger partial charge in [-0.05, 0) is 49.7 Å². The fourth-order valence-electron chi connectivity index (χ4n) is 2.98. The molecule has 0 unspecified atom stereocenters. The zero-order valence-electron chi connectivity index (χ0n) is 18.2. The number of thioether (sulfide) groups is 1. The third-order valence-corrected chi connectivity index (χ3v) is 6.76. The molecule has 33 heavy (non-hydrogen) atoms. The SMILES string of the molecule is Cc1ccc(NC(=O)c2nc(SCc3ccccc3F)ncc2Sc2ccc(C)cc2)cc1. The number of halogens is 1. The van der Waals surface area contributed by atoms with Gasteiger partial charge in [0, 0.05) is 22.5 Å². The lowest BCUT2D eigenvalue weighted by atomic mass is 10.2. The lowest BCUT2D eigenvalue weighted by Gasteiger charge is -2.11. The van der Waals surface area contributed by atoms with Gasteiger partial charge in [-0.3, -0.25) is 4.79 Å².